The van der Waals surface area contributed by atoms with Gasteiger partial charge in [-0.15, -0.1) is 0 Å². The van der Waals surface area contributed by atoms with Crippen molar-refractivity contribution in [1.29, 1.82) is 0 Å². The SMILES string of the molecule is CCOC(=O)C(F)(CC)C(F)(CC)C(=O)OF. The second kappa shape index (κ2) is 5.88. The van der Waals surface area contributed by atoms with Crippen molar-refractivity contribution in [3.63, 3.8) is 0 Å². The average molecular weight is 256 g/mol. The minimum atomic E-state index is -3.40. The molecule has 0 bridgehead atoms. The maximum absolute atomic E-state index is 14.3. The zero-order valence-corrected chi connectivity index (χ0v) is 9.89. The largest absolute Gasteiger partial charge is 0.464 e. The molecule has 17 heavy (non-hydrogen) atoms. The summed E-state index contributed by atoms with van der Waals surface area (Å²) in [6.45, 7) is 3.45. The molecule has 0 saturated heterocycles. The molecule has 0 aromatic heterocycles. The summed E-state index contributed by atoms with van der Waals surface area (Å²) in [4.78, 5) is 25.0. The van der Waals surface area contributed by atoms with Gasteiger partial charge < -0.3 is 4.74 Å². The molecule has 0 aliphatic heterocycles. The Hall–Kier alpha value is -1.27. The van der Waals surface area contributed by atoms with Crippen molar-refractivity contribution >= 4 is 11.9 Å². The standard InChI is InChI=1S/C10H15F3O4/c1-4-9(11,7(14)16-6-3)10(12,5-2)8(15)17-13/h4-6H2,1-3H3. The smallest absolute Gasteiger partial charge is 0.389 e. The molecule has 0 rings (SSSR count). The van der Waals surface area contributed by atoms with Crippen molar-refractivity contribution in [2.45, 2.75) is 45.0 Å². The maximum Gasteiger partial charge on any atom is 0.389 e. The van der Waals surface area contributed by atoms with Crippen LogP contribution in [0.1, 0.15) is 33.6 Å². The zero-order valence-electron chi connectivity index (χ0n) is 9.89. The second-order valence-electron chi connectivity index (χ2n) is 3.39. The Bertz CT molecular complexity index is 297. The van der Waals surface area contributed by atoms with E-state index in [2.05, 4.69) is 9.68 Å². The fraction of sp³-hybridized carbons (Fsp3) is 0.800. The van der Waals surface area contributed by atoms with Gasteiger partial charge in [0.2, 0.25) is 0 Å². The zero-order chi connectivity index (χ0) is 13.7. The first-order valence-corrected chi connectivity index (χ1v) is 5.22. The number of halogens is 3. The number of hydrogen-bond donors (Lipinski definition) is 0. The summed E-state index contributed by atoms with van der Waals surface area (Å²) in [6.07, 6.45) is -1.43. The van der Waals surface area contributed by atoms with E-state index in [1.54, 1.807) is 0 Å². The van der Waals surface area contributed by atoms with Crippen molar-refractivity contribution in [2.24, 2.45) is 0 Å². The third kappa shape index (κ3) is 2.53. The topological polar surface area (TPSA) is 52.6 Å². The summed E-state index contributed by atoms with van der Waals surface area (Å²) in [7, 11) is 0. The van der Waals surface area contributed by atoms with Gasteiger partial charge in [0.25, 0.3) is 11.3 Å². The van der Waals surface area contributed by atoms with Crippen LogP contribution in [-0.2, 0) is 19.3 Å². The summed E-state index contributed by atoms with van der Waals surface area (Å²) in [5.74, 6) is -3.62. The maximum atomic E-state index is 14.3. The van der Waals surface area contributed by atoms with Crippen molar-refractivity contribution in [2.75, 3.05) is 6.61 Å². The van der Waals surface area contributed by atoms with Gasteiger partial charge in [-0.25, -0.2) is 18.4 Å². The first kappa shape index (κ1) is 15.7. The molecule has 100 valence electrons. The van der Waals surface area contributed by atoms with E-state index in [0.29, 0.717) is 0 Å². The fourth-order valence-corrected chi connectivity index (χ4v) is 1.48. The normalized spacial score (nSPS) is 17.8. The van der Waals surface area contributed by atoms with Gasteiger partial charge in [0, 0.05) is 4.53 Å². The minimum absolute atomic E-state index is 0.186. The molecule has 0 aromatic rings. The summed E-state index contributed by atoms with van der Waals surface area (Å²) in [5, 5.41) is 0. The van der Waals surface area contributed by atoms with Crippen LogP contribution in [0.25, 0.3) is 0 Å². The van der Waals surface area contributed by atoms with Gasteiger partial charge in [-0.1, -0.05) is 13.8 Å². The Balaban J connectivity index is 5.44. The molecule has 2 atom stereocenters. The summed E-state index contributed by atoms with van der Waals surface area (Å²) < 4.78 is 44.6. The van der Waals surface area contributed by atoms with Gasteiger partial charge in [-0.3, -0.25) is 4.94 Å². The first-order chi connectivity index (χ1) is 7.83. The predicted octanol–water partition coefficient (Wildman–Crippen LogP) is 2.21. The van der Waals surface area contributed by atoms with Gasteiger partial charge in [0.15, 0.2) is 0 Å². The molecule has 0 aliphatic rings. The van der Waals surface area contributed by atoms with Crippen molar-refractivity contribution in [1.82, 2.24) is 0 Å². The Morgan fingerprint density at radius 1 is 1.00 bits per heavy atom. The van der Waals surface area contributed by atoms with Gasteiger partial charge in [0.1, 0.15) is 0 Å². The Morgan fingerprint density at radius 2 is 1.41 bits per heavy atom. The number of hydrogen-bond acceptors (Lipinski definition) is 4. The van der Waals surface area contributed by atoms with E-state index in [0.717, 1.165) is 13.8 Å². The van der Waals surface area contributed by atoms with E-state index >= 15 is 0 Å². The Labute approximate surface area is 97.0 Å². The molecule has 2 unspecified atom stereocenters. The molecule has 0 heterocycles. The highest BCUT2D eigenvalue weighted by Crippen LogP contribution is 2.39. The minimum Gasteiger partial charge on any atom is -0.464 e. The van der Waals surface area contributed by atoms with E-state index < -0.39 is 36.1 Å². The van der Waals surface area contributed by atoms with Crippen molar-refractivity contribution in [3.8, 4) is 0 Å². The van der Waals surface area contributed by atoms with Crippen LogP contribution < -0.4 is 0 Å². The van der Waals surface area contributed by atoms with E-state index in [4.69, 9.17) is 0 Å². The van der Waals surface area contributed by atoms with Crippen LogP contribution in [0.3, 0.4) is 0 Å². The highest BCUT2D eigenvalue weighted by atomic mass is 19.3. The van der Waals surface area contributed by atoms with Gasteiger partial charge in [-0.05, 0) is 19.8 Å². The lowest BCUT2D eigenvalue weighted by Gasteiger charge is -2.32. The lowest BCUT2D eigenvalue weighted by atomic mass is 9.82. The van der Waals surface area contributed by atoms with Crippen molar-refractivity contribution in [3.05, 3.63) is 0 Å². The third-order valence-electron chi connectivity index (χ3n) is 2.60. The second-order valence-corrected chi connectivity index (χ2v) is 3.39. The highest BCUT2D eigenvalue weighted by molar-refractivity contribution is 5.92. The Kier molecular flexibility index (Phi) is 5.44. The number of esters is 1. The van der Waals surface area contributed by atoms with Crippen molar-refractivity contribution < 1.29 is 32.6 Å². The van der Waals surface area contributed by atoms with Crippen LogP contribution in [0.15, 0.2) is 0 Å². The van der Waals surface area contributed by atoms with Crippen LogP contribution in [0, 0.1) is 0 Å². The molecule has 0 fully saturated rings. The third-order valence-corrected chi connectivity index (χ3v) is 2.60. The van der Waals surface area contributed by atoms with Crippen LogP contribution in [-0.4, -0.2) is 29.9 Å². The van der Waals surface area contributed by atoms with E-state index in [1.165, 1.54) is 6.92 Å². The number of carbonyl (C=O) groups excluding carboxylic acids is 2. The monoisotopic (exact) mass is 256 g/mol. The van der Waals surface area contributed by atoms with E-state index in [9.17, 15) is 22.9 Å². The molecular formula is C10H15F3O4. The van der Waals surface area contributed by atoms with Gasteiger partial charge >= 0.3 is 11.9 Å². The molecule has 0 spiro atoms. The molecule has 0 amide bonds. The number of carbonyl (C=O) groups is 2. The lowest BCUT2D eigenvalue weighted by Crippen LogP contribution is -2.58. The molecule has 4 nitrogen and oxygen atoms in total. The first-order valence-electron chi connectivity index (χ1n) is 5.22. The highest BCUT2D eigenvalue weighted by Gasteiger charge is 2.64. The van der Waals surface area contributed by atoms with Gasteiger partial charge in [0.05, 0.1) is 6.61 Å². The fourth-order valence-electron chi connectivity index (χ4n) is 1.48. The Morgan fingerprint density at radius 3 is 1.71 bits per heavy atom. The van der Waals surface area contributed by atoms with E-state index in [1.807, 2.05) is 0 Å². The van der Waals surface area contributed by atoms with Gasteiger partial charge in [-0.2, -0.15) is 0 Å². The number of alkyl halides is 2. The quantitative estimate of drug-likeness (QED) is 0.684. The lowest BCUT2D eigenvalue weighted by molar-refractivity contribution is -0.215. The molecule has 0 aromatic carbocycles. The predicted molar refractivity (Wildman–Crippen MR) is 52.1 cm³/mol. The van der Waals surface area contributed by atoms with Crippen LogP contribution in [0.2, 0.25) is 0 Å². The molecule has 7 heteroatoms. The molecule has 0 N–H and O–H groups in total. The van der Waals surface area contributed by atoms with Crippen LogP contribution in [0.5, 0.6) is 0 Å². The number of rotatable bonds is 6. The van der Waals surface area contributed by atoms with E-state index in [-0.39, 0.29) is 6.61 Å². The molecule has 0 aliphatic carbocycles. The number of ether oxygens (including phenoxy) is 1. The summed E-state index contributed by atoms with van der Waals surface area (Å²) >= 11 is 0. The molecule has 0 saturated carbocycles. The molecule has 0 radical (unpaired) electrons. The van der Waals surface area contributed by atoms with Crippen LogP contribution in [0.4, 0.5) is 13.3 Å². The van der Waals surface area contributed by atoms with Crippen LogP contribution >= 0.6 is 0 Å². The summed E-state index contributed by atoms with van der Waals surface area (Å²) in [5.41, 5.74) is -6.66. The molecular weight excluding hydrogens is 241 g/mol. The summed E-state index contributed by atoms with van der Waals surface area (Å²) in [6, 6.07) is 0. The average Bonchev–Trinajstić information content (AvgIpc) is 2.35.